The van der Waals surface area contributed by atoms with E-state index in [4.69, 9.17) is 23.2 Å². The van der Waals surface area contributed by atoms with Crippen LogP contribution >= 0.6 is 23.2 Å². The van der Waals surface area contributed by atoms with Gasteiger partial charge in [-0.1, -0.05) is 42.1 Å². The van der Waals surface area contributed by atoms with Crippen LogP contribution in [0.3, 0.4) is 0 Å². The van der Waals surface area contributed by atoms with Gasteiger partial charge in [0.05, 0.1) is 21.8 Å². The number of amides is 1. The molecule has 1 aromatic rings. The Labute approximate surface area is 135 Å². The van der Waals surface area contributed by atoms with Gasteiger partial charge >= 0.3 is 0 Å². The van der Waals surface area contributed by atoms with Gasteiger partial charge in [0.2, 0.25) is 5.91 Å². The fourth-order valence-electron chi connectivity index (χ4n) is 3.52. The molecule has 3 rings (SSSR count). The third-order valence-corrected chi connectivity index (χ3v) is 5.50. The Balaban J connectivity index is 1.64. The fourth-order valence-corrected chi connectivity index (χ4v) is 3.87. The predicted molar refractivity (Wildman–Crippen MR) is 87.0 cm³/mol. The maximum atomic E-state index is 12.4. The zero-order valence-electron chi connectivity index (χ0n) is 11.9. The van der Waals surface area contributed by atoms with Crippen LogP contribution in [-0.4, -0.2) is 18.0 Å². The number of fused-ring (bicyclic) bond motifs is 1. The zero-order chi connectivity index (χ0) is 14.8. The van der Waals surface area contributed by atoms with Crippen molar-refractivity contribution in [1.82, 2.24) is 5.32 Å². The number of halogens is 2. The summed E-state index contributed by atoms with van der Waals surface area (Å²) in [4.78, 5) is 12.4. The number of rotatable bonds is 2. The van der Waals surface area contributed by atoms with Gasteiger partial charge in [-0.3, -0.25) is 4.79 Å². The Morgan fingerprint density at radius 2 is 1.95 bits per heavy atom. The number of anilines is 1. The third-order valence-electron chi connectivity index (χ3n) is 4.68. The molecule has 21 heavy (non-hydrogen) atoms. The highest BCUT2D eigenvalue weighted by Gasteiger charge is 2.34. The van der Waals surface area contributed by atoms with Crippen LogP contribution in [-0.2, 0) is 4.79 Å². The molecule has 5 heteroatoms. The van der Waals surface area contributed by atoms with Crippen LogP contribution < -0.4 is 10.6 Å². The van der Waals surface area contributed by atoms with Crippen LogP contribution in [0.15, 0.2) is 18.2 Å². The standard InChI is InChI=1S/C16H20Cl2N2O/c17-11-5-3-7-13(15(11)18)20-16(21)14-9-8-10-4-1-2-6-12(10)19-14/h3,5,7,10,12,14,19H,1-2,4,6,8-9H2,(H,20,21). The highest BCUT2D eigenvalue weighted by Crippen LogP contribution is 2.33. The summed E-state index contributed by atoms with van der Waals surface area (Å²) in [6, 6.07) is 5.65. The first-order chi connectivity index (χ1) is 10.1. The lowest BCUT2D eigenvalue weighted by molar-refractivity contribution is -0.119. The predicted octanol–water partition coefficient (Wildman–Crippen LogP) is 4.24. The van der Waals surface area contributed by atoms with E-state index in [1.807, 2.05) is 0 Å². The second-order valence-corrected chi connectivity index (χ2v) is 6.82. The van der Waals surface area contributed by atoms with E-state index >= 15 is 0 Å². The molecule has 2 aliphatic rings. The number of carbonyl (C=O) groups excluding carboxylic acids is 1. The van der Waals surface area contributed by atoms with E-state index in [0.29, 0.717) is 21.8 Å². The Morgan fingerprint density at radius 3 is 2.81 bits per heavy atom. The van der Waals surface area contributed by atoms with Crippen molar-refractivity contribution in [3.05, 3.63) is 28.2 Å². The molecule has 1 amide bonds. The van der Waals surface area contributed by atoms with Crippen molar-refractivity contribution in [1.29, 1.82) is 0 Å². The molecule has 0 bridgehead atoms. The molecule has 1 saturated carbocycles. The number of benzene rings is 1. The molecule has 2 N–H and O–H groups in total. The van der Waals surface area contributed by atoms with E-state index in [-0.39, 0.29) is 11.9 Å². The van der Waals surface area contributed by atoms with Gasteiger partial charge in [-0.05, 0) is 43.7 Å². The van der Waals surface area contributed by atoms with Crippen LogP contribution in [0.25, 0.3) is 0 Å². The number of nitrogens with one attached hydrogen (secondary N) is 2. The number of piperidine rings is 1. The zero-order valence-corrected chi connectivity index (χ0v) is 13.4. The molecule has 1 heterocycles. The first kappa shape index (κ1) is 15.1. The fraction of sp³-hybridized carbons (Fsp3) is 0.562. The van der Waals surface area contributed by atoms with E-state index in [1.165, 1.54) is 25.7 Å². The Bertz CT molecular complexity index is 535. The van der Waals surface area contributed by atoms with Gasteiger partial charge in [0.25, 0.3) is 0 Å². The molecule has 0 spiro atoms. The normalized spacial score (nSPS) is 28.8. The molecule has 3 atom stereocenters. The Kier molecular flexibility index (Phi) is 4.72. The summed E-state index contributed by atoms with van der Waals surface area (Å²) in [5, 5.41) is 7.28. The highest BCUT2D eigenvalue weighted by atomic mass is 35.5. The lowest BCUT2D eigenvalue weighted by Crippen LogP contribution is -2.53. The summed E-state index contributed by atoms with van der Waals surface area (Å²) < 4.78 is 0. The molecule has 3 nitrogen and oxygen atoms in total. The van der Waals surface area contributed by atoms with E-state index in [2.05, 4.69) is 10.6 Å². The molecule has 1 aliphatic heterocycles. The summed E-state index contributed by atoms with van der Waals surface area (Å²) in [6.07, 6.45) is 7.11. The van der Waals surface area contributed by atoms with Crippen molar-refractivity contribution in [2.24, 2.45) is 5.92 Å². The number of carbonyl (C=O) groups is 1. The molecule has 2 fully saturated rings. The molecule has 1 aliphatic carbocycles. The van der Waals surface area contributed by atoms with Crippen molar-refractivity contribution >= 4 is 34.8 Å². The van der Waals surface area contributed by atoms with Crippen LogP contribution in [0.4, 0.5) is 5.69 Å². The molecule has 0 aromatic heterocycles. The minimum Gasteiger partial charge on any atom is -0.323 e. The summed E-state index contributed by atoms with van der Waals surface area (Å²) in [6.45, 7) is 0. The minimum atomic E-state index is -0.126. The lowest BCUT2D eigenvalue weighted by Gasteiger charge is -2.39. The van der Waals surface area contributed by atoms with Gasteiger partial charge < -0.3 is 10.6 Å². The number of hydrogen-bond donors (Lipinski definition) is 2. The van der Waals surface area contributed by atoms with Crippen LogP contribution in [0.1, 0.15) is 38.5 Å². The summed E-state index contributed by atoms with van der Waals surface area (Å²) >= 11 is 12.1. The van der Waals surface area contributed by atoms with Crippen LogP contribution in [0.2, 0.25) is 10.0 Å². The van der Waals surface area contributed by atoms with Gasteiger partial charge in [-0.15, -0.1) is 0 Å². The molecular weight excluding hydrogens is 307 g/mol. The molecule has 1 aromatic carbocycles. The SMILES string of the molecule is O=C(Nc1cccc(Cl)c1Cl)C1CCC2CCCCC2N1. The summed E-state index contributed by atoms with van der Waals surface area (Å²) in [7, 11) is 0. The van der Waals surface area contributed by atoms with Gasteiger partial charge in [-0.25, -0.2) is 0 Å². The Morgan fingerprint density at radius 1 is 1.14 bits per heavy atom. The number of hydrogen-bond acceptors (Lipinski definition) is 2. The molecule has 114 valence electrons. The largest absolute Gasteiger partial charge is 0.323 e. The molecule has 1 saturated heterocycles. The minimum absolute atomic E-state index is 0.0109. The monoisotopic (exact) mass is 326 g/mol. The summed E-state index contributed by atoms with van der Waals surface area (Å²) in [5.74, 6) is 0.737. The second-order valence-electron chi connectivity index (χ2n) is 6.04. The van der Waals surface area contributed by atoms with Crippen LogP contribution in [0.5, 0.6) is 0 Å². The van der Waals surface area contributed by atoms with Crippen LogP contribution in [0, 0.1) is 5.92 Å². The van der Waals surface area contributed by atoms with Crippen molar-refractivity contribution in [3.8, 4) is 0 Å². The first-order valence-electron chi connectivity index (χ1n) is 7.66. The maximum Gasteiger partial charge on any atom is 0.241 e. The van der Waals surface area contributed by atoms with E-state index in [0.717, 1.165) is 18.8 Å². The quantitative estimate of drug-likeness (QED) is 0.853. The second kappa shape index (κ2) is 6.55. The van der Waals surface area contributed by atoms with Crippen molar-refractivity contribution < 1.29 is 4.79 Å². The van der Waals surface area contributed by atoms with Crippen molar-refractivity contribution in [2.75, 3.05) is 5.32 Å². The van der Waals surface area contributed by atoms with Gasteiger partial charge in [0.1, 0.15) is 0 Å². The van der Waals surface area contributed by atoms with Gasteiger partial charge in [0, 0.05) is 6.04 Å². The maximum absolute atomic E-state index is 12.4. The Hall–Kier alpha value is -0.770. The first-order valence-corrected chi connectivity index (χ1v) is 8.41. The summed E-state index contributed by atoms with van der Waals surface area (Å²) in [5.41, 5.74) is 0.585. The molecular formula is C16H20Cl2N2O. The van der Waals surface area contributed by atoms with Gasteiger partial charge in [-0.2, -0.15) is 0 Å². The van der Waals surface area contributed by atoms with E-state index in [1.54, 1.807) is 18.2 Å². The lowest BCUT2D eigenvalue weighted by atomic mass is 9.77. The highest BCUT2D eigenvalue weighted by molar-refractivity contribution is 6.44. The van der Waals surface area contributed by atoms with Crippen molar-refractivity contribution in [3.63, 3.8) is 0 Å². The van der Waals surface area contributed by atoms with Gasteiger partial charge in [0.15, 0.2) is 0 Å². The third kappa shape index (κ3) is 3.36. The van der Waals surface area contributed by atoms with E-state index in [9.17, 15) is 4.79 Å². The topological polar surface area (TPSA) is 41.1 Å². The molecule has 0 radical (unpaired) electrons. The van der Waals surface area contributed by atoms with Crippen molar-refractivity contribution in [2.45, 2.75) is 50.6 Å². The average molecular weight is 327 g/mol. The smallest absolute Gasteiger partial charge is 0.241 e. The average Bonchev–Trinajstić information content (AvgIpc) is 2.51. The molecule has 3 unspecified atom stereocenters. The van der Waals surface area contributed by atoms with E-state index < -0.39 is 0 Å².